The lowest BCUT2D eigenvalue weighted by Gasteiger charge is -2.41. The number of methoxy groups -OCH3 is 2. The number of alkyl halides is 3. The van der Waals surface area contributed by atoms with Gasteiger partial charge < -0.3 is 19.5 Å². The number of carboxylic acids is 1. The number of hydrogen-bond donors (Lipinski definition) is 1. The predicted molar refractivity (Wildman–Crippen MR) is 107 cm³/mol. The van der Waals surface area contributed by atoms with Gasteiger partial charge in [0.1, 0.15) is 5.82 Å². The lowest BCUT2D eigenvalue weighted by atomic mass is 9.88. The van der Waals surface area contributed by atoms with Crippen LogP contribution < -0.4 is 0 Å². The van der Waals surface area contributed by atoms with E-state index in [0.717, 1.165) is 31.6 Å². The highest BCUT2D eigenvalue weighted by molar-refractivity contribution is 5.79. The van der Waals surface area contributed by atoms with E-state index < -0.39 is 12.1 Å². The van der Waals surface area contributed by atoms with Gasteiger partial charge in [-0.05, 0) is 24.1 Å². The summed E-state index contributed by atoms with van der Waals surface area (Å²) in [4.78, 5) is 26.1. The van der Waals surface area contributed by atoms with Gasteiger partial charge in [0.2, 0.25) is 5.91 Å². The smallest absolute Gasteiger partial charge is 0.475 e. The first-order valence-corrected chi connectivity index (χ1v) is 10.1. The number of carboxylic acid groups (broad SMARTS) is 1. The Morgan fingerprint density at radius 2 is 1.91 bits per heavy atom. The SMILES string of the molecule is COCCN1C[C@H]2[C@@H](C1)N(C(=O)Cc1cccc(F)c1)CC[C@H]2OC.O=C(O)C(F)(F)F. The molecule has 7 nitrogen and oxygen atoms in total. The molecule has 0 radical (unpaired) electrons. The average molecular weight is 464 g/mol. The Balaban J connectivity index is 0.000000451. The molecule has 0 bridgehead atoms. The molecule has 0 unspecified atom stereocenters. The molecule has 2 heterocycles. The van der Waals surface area contributed by atoms with Gasteiger partial charge in [0.15, 0.2) is 0 Å². The monoisotopic (exact) mass is 464 g/mol. The Kier molecular flexibility index (Phi) is 9.41. The number of nitrogens with zero attached hydrogens (tertiary/aromatic N) is 2. The van der Waals surface area contributed by atoms with Gasteiger partial charge in [-0.25, -0.2) is 9.18 Å². The second-order valence-electron chi connectivity index (χ2n) is 7.74. The Bertz CT molecular complexity index is 777. The lowest BCUT2D eigenvalue weighted by Crippen LogP contribution is -2.54. The highest BCUT2D eigenvalue weighted by atomic mass is 19.4. The summed E-state index contributed by atoms with van der Waals surface area (Å²) in [5, 5.41) is 7.12. The summed E-state index contributed by atoms with van der Waals surface area (Å²) in [5.41, 5.74) is 0.727. The van der Waals surface area contributed by atoms with Crippen LogP contribution in [0.1, 0.15) is 12.0 Å². The molecule has 1 amide bonds. The van der Waals surface area contributed by atoms with Gasteiger partial charge >= 0.3 is 12.1 Å². The van der Waals surface area contributed by atoms with Crippen molar-refractivity contribution >= 4 is 11.9 Å². The fraction of sp³-hybridized carbons (Fsp3) is 0.619. The van der Waals surface area contributed by atoms with Crippen molar-refractivity contribution < 1.29 is 41.7 Å². The Morgan fingerprint density at radius 3 is 2.47 bits per heavy atom. The van der Waals surface area contributed by atoms with Crippen molar-refractivity contribution in [3.8, 4) is 0 Å². The number of aliphatic carboxylic acids is 1. The molecule has 1 aromatic carbocycles. The first kappa shape index (κ1) is 26.0. The van der Waals surface area contributed by atoms with Crippen LogP contribution >= 0.6 is 0 Å². The van der Waals surface area contributed by atoms with Crippen LogP contribution in [-0.2, 0) is 25.5 Å². The van der Waals surface area contributed by atoms with E-state index in [4.69, 9.17) is 19.4 Å². The highest BCUT2D eigenvalue weighted by Gasteiger charge is 2.45. The first-order chi connectivity index (χ1) is 15.1. The number of piperidine rings is 1. The molecule has 0 spiro atoms. The van der Waals surface area contributed by atoms with E-state index >= 15 is 0 Å². The predicted octanol–water partition coefficient (Wildman–Crippen LogP) is 2.20. The molecule has 2 saturated heterocycles. The Hall–Kier alpha value is -2.24. The van der Waals surface area contributed by atoms with Crippen molar-refractivity contribution in [3.05, 3.63) is 35.6 Å². The largest absolute Gasteiger partial charge is 0.490 e. The van der Waals surface area contributed by atoms with Crippen molar-refractivity contribution in [2.75, 3.05) is 47.0 Å². The molecule has 2 aliphatic heterocycles. The van der Waals surface area contributed by atoms with Crippen molar-refractivity contribution in [2.45, 2.75) is 31.2 Å². The van der Waals surface area contributed by atoms with E-state index in [-0.39, 0.29) is 30.3 Å². The third kappa shape index (κ3) is 7.14. The normalized spacial score (nSPS) is 23.3. The molecule has 1 aromatic rings. The number of likely N-dealkylation sites (tertiary alicyclic amines) is 2. The number of benzene rings is 1. The molecule has 2 fully saturated rings. The number of fused-ring (bicyclic) bond motifs is 1. The fourth-order valence-electron chi connectivity index (χ4n) is 4.16. The zero-order valence-corrected chi connectivity index (χ0v) is 18.0. The summed E-state index contributed by atoms with van der Waals surface area (Å²) in [6.07, 6.45) is -3.79. The number of carbonyl (C=O) groups is 2. The van der Waals surface area contributed by atoms with E-state index in [1.54, 1.807) is 26.4 Å². The molecule has 32 heavy (non-hydrogen) atoms. The summed E-state index contributed by atoms with van der Waals surface area (Å²) in [6, 6.07) is 6.46. The zero-order valence-electron chi connectivity index (χ0n) is 18.0. The van der Waals surface area contributed by atoms with Crippen LogP contribution in [0.2, 0.25) is 0 Å². The van der Waals surface area contributed by atoms with Gasteiger partial charge in [-0.3, -0.25) is 9.69 Å². The molecule has 11 heteroatoms. The molecular formula is C21H28F4N2O5. The van der Waals surface area contributed by atoms with Crippen LogP contribution in [0.4, 0.5) is 17.6 Å². The van der Waals surface area contributed by atoms with Gasteiger partial charge in [-0.15, -0.1) is 0 Å². The lowest BCUT2D eigenvalue weighted by molar-refractivity contribution is -0.192. The topological polar surface area (TPSA) is 79.3 Å². The maximum absolute atomic E-state index is 13.4. The summed E-state index contributed by atoms with van der Waals surface area (Å²) < 4.78 is 56.0. The molecule has 2 aliphatic rings. The molecule has 0 aromatic heterocycles. The van der Waals surface area contributed by atoms with Crippen LogP contribution in [0.5, 0.6) is 0 Å². The number of halogens is 4. The summed E-state index contributed by atoms with van der Waals surface area (Å²) >= 11 is 0. The minimum Gasteiger partial charge on any atom is -0.475 e. The van der Waals surface area contributed by atoms with Crippen LogP contribution in [-0.4, -0.2) is 92.1 Å². The minimum atomic E-state index is -5.08. The number of carbonyl (C=O) groups excluding carboxylic acids is 1. The number of amides is 1. The van der Waals surface area contributed by atoms with Crippen LogP contribution in [0.15, 0.2) is 24.3 Å². The second kappa shape index (κ2) is 11.6. The van der Waals surface area contributed by atoms with Crippen molar-refractivity contribution in [1.29, 1.82) is 0 Å². The standard InChI is InChI=1S/C19H27FN2O3.C2HF3O2/c1-24-9-8-21-12-16-17(13-21)22(7-6-18(16)25-2)19(23)11-14-4-3-5-15(20)10-14;3-2(4,5)1(6)7/h3-5,10,16-18H,6-9,11-13H2,1-2H3;(H,6,7)/t16-,17+,18+;/m0./s1. The third-order valence-corrected chi connectivity index (χ3v) is 5.66. The van der Waals surface area contributed by atoms with Gasteiger partial charge in [-0.2, -0.15) is 13.2 Å². The van der Waals surface area contributed by atoms with Crippen molar-refractivity contribution in [1.82, 2.24) is 9.80 Å². The summed E-state index contributed by atoms with van der Waals surface area (Å²) in [7, 11) is 3.46. The molecular weight excluding hydrogens is 436 g/mol. The van der Waals surface area contributed by atoms with E-state index in [1.165, 1.54) is 12.1 Å². The molecule has 0 saturated carbocycles. The van der Waals surface area contributed by atoms with Gasteiger partial charge in [-0.1, -0.05) is 12.1 Å². The van der Waals surface area contributed by atoms with Gasteiger partial charge in [0.05, 0.1) is 25.2 Å². The van der Waals surface area contributed by atoms with Gasteiger partial charge in [0, 0.05) is 46.3 Å². The third-order valence-electron chi connectivity index (χ3n) is 5.66. The molecule has 3 rings (SSSR count). The molecule has 180 valence electrons. The van der Waals surface area contributed by atoms with Gasteiger partial charge in [0.25, 0.3) is 0 Å². The number of rotatable bonds is 6. The van der Waals surface area contributed by atoms with Crippen molar-refractivity contribution in [3.63, 3.8) is 0 Å². The molecule has 1 N–H and O–H groups in total. The highest BCUT2D eigenvalue weighted by Crippen LogP contribution is 2.32. The minimum absolute atomic E-state index is 0.0729. The first-order valence-electron chi connectivity index (χ1n) is 10.1. The summed E-state index contributed by atoms with van der Waals surface area (Å²) in [5.74, 6) is -2.66. The average Bonchev–Trinajstić information content (AvgIpc) is 3.15. The maximum Gasteiger partial charge on any atom is 0.490 e. The number of ether oxygens (including phenoxy) is 2. The second-order valence-corrected chi connectivity index (χ2v) is 7.74. The molecule has 3 atom stereocenters. The fourth-order valence-corrected chi connectivity index (χ4v) is 4.16. The Morgan fingerprint density at radius 1 is 1.22 bits per heavy atom. The van der Waals surface area contributed by atoms with Crippen LogP contribution in [0.3, 0.4) is 0 Å². The van der Waals surface area contributed by atoms with Crippen LogP contribution in [0, 0.1) is 11.7 Å². The molecule has 0 aliphatic carbocycles. The Labute approximate surface area is 183 Å². The van der Waals surface area contributed by atoms with E-state index in [2.05, 4.69) is 4.90 Å². The van der Waals surface area contributed by atoms with E-state index in [0.29, 0.717) is 19.1 Å². The zero-order chi connectivity index (χ0) is 23.9. The summed E-state index contributed by atoms with van der Waals surface area (Å²) in [6.45, 7) is 4.03. The quantitative estimate of drug-likeness (QED) is 0.651. The maximum atomic E-state index is 13.4. The van der Waals surface area contributed by atoms with Crippen molar-refractivity contribution in [2.24, 2.45) is 5.92 Å². The number of hydrogen-bond acceptors (Lipinski definition) is 5. The van der Waals surface area contributed by atoms with E-state index in [9.17, 15) is 22.4 Å². The van der Waals surface area contributed by atoms with Crippen LogP contribution in [0.25, 0.3) is 0 Å². The van der Waals surface area contributed by atoms with E-state index in [1.807, 2.05) is 4.90 Å².